The Morgan fingerprint density at radius 1 is 1.20 bits per heavy atom. The summed E-state index contributed by atoms with van der Waals surface area (Å²) in [6, 6.07) is 11.0. The van der Waals surface area contributed by atoms with Gasteiger partial charge in [-0.15, -0.1) is 0 Å². The minimum atomic E-state index is -0.369. The van der Waals surface area contributed by atoms with Gasteiger partial charge in [-0.1, -0.05) is 0 Å². The number of likely N-dealkylation sites (tertiary alicyclic amines) is 1. The first kappa shape index (κ1) is 19.9. The number of esters is 1. The first-order valence-electron chi connectivity index (χ1n) is 9.92. The van der Waals surface area contributed by atoms with Crippen molar-refractivity contribution in [3.05, 3.63) is 60.2 Å². The van der Waals surface area contributed by atoms with Crippen molar-refractivity contribution in [2.24, 2.45) is 5.92 Å². The number of hydrogen-bond donors (Lipinski definition) is 0. The second-order valence-corrected chi connectivity index (χ2v) is 7.10. The monoisotopic (exact) mass is 411 g/mol. The van der Waals surface area contributed by atoms with Crippen LogP contribution in [0.25, 0.3) is 17.1 Å². The molecule has 30 heavy (non-hydrogen) atoms. The Labute approximate surface area is 173 Å². The molecular weight excluding hydrogens is 389 g/mol. The van der Waals surface area contributed by atoms with E-state index in [0.717, 1.165) is 0 Å². The zero-order valence-corrected chi connectivity index (χ0v) is 16.6. The van der Waals surface area contributed by atoms with Crippen molar-refractivity contribution < 1.29 is 23.1 Å². The van der Waals surface area contributed by atoms with Crippen LogP contribution >= 0.6 is 0 Å². The normalized spacial score (nSPS) is 14.7. The molecule has 0 atom stereocenters. The summed E-state index contributed by atoms with van der Waals surface area (Å²) in [7, 11) is 0. The molecule has 4 rings (SSSR count). The number of furan rings is 1. The summed E-state index contributed by atoms with van der Waals surface area (Å²) in [4.78, 5) is 27.0. The van der Waals surface area contributed by atoms with E-state index in [1.165, 1.54) is 23.1 Å². The van der Waals surface area contributed by atoms with Crippen molar-refractivity contribution in [1.29, 1.82) is 0 Å². The molecule has 0 unspecified atom stereocenters. The summed E-state index contributed by atoms with van der Waals surface area (Å²) < 4.78 is 25.4. The molecule has 1 aromatic carbocycles. The summed E-state index contributed by atoms with van der Waals surface area (Å²) in [5, 5.41) is 4.51. The van der Waals surface area contributed by atoms with Gasteiger partial charge in [0.1, 0.15) is 17.2 Å². The average Bonchev–Trinajstić information content (AvgIpc) is 3.44. The van der Waals surface area contributed by atoms with Crippen LogP contribution in [0.15, 0.2) is 53.1 Å². The second-order valence-electron chi connectivity index (χ2n) is 7.10. The highest BCUT2D eigenvalue weighted by Crippen LogP contribution is 2.25. The molecule has 8 heteroatoms. The fraction of sp³-hybridized carbons (Fsp3) is 0.318. The molecule has 0 spiro atoms. The Balaban J connectivity index is 1.60. The fourth-order valence-electron chi connectivity index (χ4n) is 3.60. The fourth-order valence-corrected chi connectivity index (χ4v) is 3.60. The van der Waals surface area contributed by atoms with Gasteiger partial charge in [0.2, 0.25) is 0 Å². The lowest BCUT2D eigenvalue weighted by atomic mass is 9.97. The number of nitrogens with zero attached hydrogens (tertiary/aromatic N) is 3. The van der Waals surface area contributed by atoms with Gasteiger partial charge in [-0.25, -0.2) is 9.07 Å². The predicted molar refractivity (Wildman–Crippen MR) is 106 cm³/mol. The van der Waals surface area contributed by atoms with Gasteiger partial charge in [-0.3, -0.25) is 9.59 Å². The van der Waals surface area contributed by atoms with E-state index in [9.17, 15) is 14.0 Å². The minimum absolute atomic E-state index is 0.185. The number of benzene rings is 1. The highest BCUT2D eigenvalue weighted by atomic mass is 19.1. The minimum Gasteiger partial charge on any atom is -0.466 e. The van der Waals surface area contributed by atoms with Crippen LogP contribution in [0, 0.1) is 11.7 Å². The second kappa shape index (κ2) is 8.52. The zero-order valence-electron chi connectivity index (χ0n) is 16.6. The molecule has 1 saturated heterocycles. The number of halogens is 1. The van der Waals surface area contributed by atoms with Crippen LogP contribution in [0.5, 0.6) is 0 Å². The van der Waals surface area contributed by atoms with Crippen LogP contribution in [0.4, 0.5) is 4.39 Å². The van der Waals surface area contributed by atoms with Gasteiger partial charge in [-0.2, -0.15) is 5.10 Å². The highest BCUT2D eigenvalue weighted by Gasteiger charge is 2.30. The number of carbonyl (C=O) groups excluding carboxylic acids is 2. The molecule has 1 amide bonds. The van der Waals surface area contributed by atoms with Crippen molar-refractivity contribution in [1.82, 2.24) is 14.7 Å². The van der Waals surface area contributed by atoms with Crippen LogP contribution in [0.3, 0.4) is 0 Å². The lowest BCUT2D eigenvalue weighted by Gasteiger charge is -2.30. The molecule has 1 aliphatic rings. The summed E-state index contributed by atoms with van der Waals surface area (Å²) in [6.07, 6.45) is 2.65. The third kappa shape index (κ3) is 3.98. The van der Waals surface area contributed by atoms with Gasteiger partial charge in [0.25, 0.3) is 5.91 Å². The molecule has 1 fully saturated rings. The Hall–Kier alpha value is -3.42. The number of amides is 1. The van der Waals surface area contributed by atoms with Crippen LogP contribution < -0.4 is 0 Å². The van der Waals surface area contributed by atoms with E-state index in [1.807, 2.05) is 0 Å². The highest BCUT2D eigenvalue weighted by molar-refractivity contribution is 5.94. The van der Waals surface area contributed by atoms with E-state index in [0.29, 0.717) is 55.4 Å². The Morgan fingerprint density at radius 2 is 1.93 bits per heavy atom. The maximum atomic E-state index is 13.4. The van der Waals surface area contributed by atoms with Crippen LogP contribution in [-0.4, -0.2) is 46.3 Å². The largest absolute Gasteiger partial charge is 0.466 e. The number of piperidine rings is 1. The van der Waals surface area contributed by atoms with Crippen LogP contribution in [0.1, 0.15) is 30.3 Å². The molecule has 0 bridgehead atoms. The van der Waals surface area contributed by atoms with E-state index in [-0.39, 0.29) is 23.6 Å². The van der Waals surface area contributed by atoms with Crippen molar-refractivity contribution in [3.63, 3.8) is 0 Å². The third-order valence-electron chi connectivity index (χ3n) is 5.18. The first-order chi connectivity index (χ1) is 14.6. The van der Waals surface area contributed by atoms with Crippen molar-refractivity contribution in [2.75, 3.05) is 19.7 Å². The average molecular weight is 411 g/mol. The molecule has 0 aliphatic carbocycles. The molecule has 0 N–H and O–H groups in total. The number of rotatable bonds is 5. The van der Waals surface area contributed by atoms with E-state index >= 15 is 0 Å². The van der Waals surface area contributed by atoms with Crippen molar-refractivity contribution in [2.45, 2.75) is 19.8 Å². The number of ether oxygens (including phenoxy) is 1. The van der Waals surface area contributed by atoms with Gasteiger partial charge in [0.15, 0.2) is 5.76 Å². The van der Waals surface area contributed by atoms with E-state index in [1.54, 1.807) is 42.2 Å². The standard InChI is InChI=1S/C22H22FN3O4/c1-2-29-22(28)15-9-11-25(12-10-15)21(27)19-14-18(20-4-3-13-30-20)24-26(19)17-7-5-16(23)6-8-17/h3-8,13-15H,2,9-12H2,1H3. The first-order valence-corrected chi connectivity index (χ1v) is 9.92. The molecule has 7 nitrogen and oxygen atoms in total. The summed E-state index contributed by atoms with van der Waals surface area (Å²) in [5.41, 5.74) is 1.43. The van der Waals surface area contributed by atoms with E-state index in [4.69, 9.17) is 9.15 Å². The predicted octanol–water partition coefficient (Wildman–Crippen LogP) is 3.69. The summed E-state index contributed by atoms with van der Waals surface area (Å²) in [5.74, 6) is -0.431. The molecule has 3 heterocycles. The van der Waals surface area contributed by atoms with E-state index < -0.39 is 0 Å². The third-order valence-corrected chi connectivity index (χ3v) is 5.18. The molecule has 156 valence electrons. The van der Waals surface area contributed by atoms with Gasteiger partial charge in [0.05, 0.1) is 24.5 Å². The molecule has 1 aliphatic heterocycles. The molecule has 0 radical (unpaired) electrons. The molecule has 2 aromatic heterocycles. The lowest BCUT2D eigenvalue weighted by molar-refractivity contribution is -0.149. The number of aromatic nitrogens is 2. The van der Waals surface area contributed by atoms with Gasteiger partial charge < -0.3 is 14.1 Å². The Morgan fingerprint density at radius 3 is 2.57 bits per heavy atom. The van der Waals surface area contributed by atoms with Crippen molar-refractivity contribution >= 4 is 11.9 Å². The van der Waals surface area contributed by atoms with Gasteiger partial charge in [0, 0.05) is 19.2 Å². The molecule has 3 aromatic rings. The van der Waals surface area contributed by atoms with Gasteiger partial charge >= 0.3 is 5.97 Å². The quantitative estimate of drug-likeness (QED) is 0.599. The van der Waals surface area contributed by atoms with E-state index in [2.05, 4.69) is 5.10 Å². The maximum Gasteiger partial charge on any atom is 0.309 e. The topological polar surface area (TPSA) is 77.6 Å². The van der Waals surface area contributed by atoms with Crippen LogP contribution in [-0.2, 0) is 9.53 Å². The molecular formula is C22H22FN3O4. The smallest absolute Gasteiger partial charge is 0.309 e. The number of hydrogen-bond acceptors (Lipinski definition) is 5. The number of carbonyl (C=O) groups is 2. The van der Waals surface area contributed by atoms with Crippen molar-refractivity contribution in [3.8, 4) is 17.1 Å². The molecule has 0 saturated carbocycles. The summed E-state index contributed by atoms with van der Waals surface area (Å²) >= 11 is 0. The van der Waals surface area contributed by atoms with Crippen LogP contribution in [0.2, 0.25) is 0 Å². The Bertz CT molecular complexity index is 1020. The zero-order chi connectivity index (χ0) is 21.1. The summed E-state index contributed by atoms with van der Waals surface area (Å²) in [6.45, 7) is 3.04. The SMILES string of the molecule is CCOC(=O)C1CCN(C(=O)c2cc(-c3ccco3)nn2-c2ccc(F)cc2)CC1. The maximum absolute atomic E-state index is 13.4. The lowest BCUT2D eigenvalue weighted by Crippen LogP contribution is -2.41. The Kier molecular flexibility index (Phi) is 5.65. The van der Waals surface area contributed by atoms with Gasteiger partial charge in [-0.05, 0) is 56.2 Å².